The minimum Gasteiger partial charge on any atom is -0.404 e. The van der Waals surface area contributed by atoms with Crippen LogP contribution >= 0.6 is 0 Å². The van der Waals surface area contributed by atoms with Crippen LogP contribution in [0.1, 0.15) is 37.9 Å². The molecular formula is C12H20N4. The average Bonchev–Trinajstić information content (AvgIpc) is 2.67. The van der Waals surface area contributed by atoms with Gasteiger partial charge >= 0.3 is 0 Å². The van der Waals surface area contributed by atoms with Crippen molar-refractivity contribution in [3.05, 3.63) is 23.7 Å². The monoisotopic (exact) mass is 220 g/mol. The summed E-state index contributed by atoms with van der Waals surface area (Å²) in [5.41, 5.74) is 9.59. The number of aromatic nitrogens is 2. The van der Waals surface area contributed by atoms with E-state index in [1.54, 1.807) is 12.4 Å². The van der Waals surface area contributed by atoms with Crippen molar-refractivity contribution in [1.82, 2.24) is 10.2 Å². The highest BCUT2D eigenvalue weighted by molar-refractivity contribution is 6.22. The van der Waals surface area contributed by atoms with Crippen molar-refractivity contribution in [2.45, 2.75) is 33.6 Å². The van der Waals surface area contributed by atoms with E-state index in [9.17, 15) is 0 Å². The smallest absolute Gasteiger partial charge is 0.0711 e. The Morgan fingerprint density at radius 1 is 1.62 bits per heavy atom. The van der Waals surface area contributed by atoms with Gasteiger partial charge in [-0.05, 0) is 25.8 Å². The first-order valence-electron chi connectivity index (χ1n) is 5.64. The van der Waals surface area contributed by atoms with E-state index in [-0.39, 0.29) is 0 Å². The minimum atomic E-state index is 0.854. The maximum Gasteiger partial charge on any atom is 0.0711 e. The van der Waals surface area contributed by atoms with Gasteiger partial charge in [0.1, 0.15) is 0 Å². The van der Waals surface area contributed by atoms with E-state index in [1.165, 1.54) is 0 Å². The largest absolute Gasteiger partial charge is 0.404 e. The fourth-order valence-corrected chi connectivity index (χ4v) is 1.49. The Morgan fingerprint density at radius 3 is 2.88 bits per heavy atom. The quantitative estimate of drug-likeness (QED) is 0.590. The van der Waals surface area contributed by atoms with Crippen LogP contribution in [0.25, 0.3) is 5.57 Å². The molecule has 4 nitrogen and oxygen atoms in total. The van der Waals surface area contributed by atoms with E-state index in [4.69, 9.17) is 5.73 Å². The first kappa shape index (κ1) is 12.5. The number of rotatable bonds is 5. The Hall–Kier alpha value is -1.58. The molecule has 0 saturated carbocycles. The molecule has 0 aromatic carbocycles. The van der Waals surface area contributed by atoms with E-state index in [0.29, 0.717) is 0 Å². The third kappa shape index (κ3) is 2.95. The highest BCUT2D eigenvalue weighted by Crippen LogP contribution is 2.16. The van der Waals surface area contributed by atoms with Crippen LogP contribution in [0.3, 0.4) is 0 Å². The van der Waals surface area contributed by atoms with Gasteiger partial charge < -0.3 is 5.73 Å². The van der Waals surface area contributed by atoms with Crippen molar-refractivity contribution in [2.24, 2.45) is 10.7 Å². The summed E-state index contributed by atoms with van der Waals surface area (Å²) in [6.07, 6.45) is 5.64. The Balaban J connectivity index is 2.84. The molecule has 88 valence electrons. The molecule has 0 aliphatic carbocycles. The zero-order valence-electron chi connectivity index (χ0n) is 10.2. The van der Waals surface area contributed by atoms with Crippen molar-refractivity contribution in [3.8, 4) is 0 Å². The number of allylic oxidation sites excluding steroid dienone is 1. The van der Waals surface area contributed by atoms with Crippen molar-refractivity contribution >= 4 is 11.3 Å². The summed E-state index contributed by atoms with van der Waals surface area (Å²) in [5, 5.41) is 6.94. The van der Waals surface area contributed by atoms with Gasteiger partial charge in [-0.2, -0.15) is 5.10 Å². The summed E-state index contributed by atoms with van der Waals surface area (Å²) in [6, 6.07) is 0. The standard InChI is InChI=1S/C12H20N4/c1-4-5-6-14-10(3)11(7-13)12-9(2)8-15-16-12/h7-8H,4-6,13H2,1-3H3,(H,15,16)/b11-7+,14-10?. The lowest BCUT2D eigenvalue weighted by atomic mass is 10.1. The van der Waals surface area contributed by atoms with Crippen molar-refractivity contribution in [1.29, 1.82) is 0 Å². The Kier molecular flexibility index (Phi) is 4.76. The summed E-state index contributed by atoms with van der Waals surface area (Å²) >= 11 is 0. The number of H-pyrrole nitrogens is 1. The highest BCUT2D eigenvalue weighted by atomic mass is 15.1. The molecule has 0 aliphatic rings. The van der Waals surface area contributed by atoms with E-state index in [1.807, 2.05) is 13.8 Å². The molecule has 0 aliphatic heterocycles. The molecule has 0 spiro atoms. The average molecular weight is 220 g/mol. The number of aliphatic imine (C=N–C) groups is 1. The summed E-state index contributed by atoms with van der Waals surface area (Å²) in [6.45, 7) is 6.99. The molecule has 0 fully saturated rings. The van der Waals surface area contributed by atoms with Crippen molar-refractivity contribution in [3.63, 3.8) is 0 Å². The lowest BCUT2D eigenvalue weighted by Gasteiger charge is -2.05. The SMILES string of the molecule is CCCCN=C(C)/C(=C\N)c1[nH]ncc1C. The molecule has 0 saturated heterocycles. The fourth-order valence-electron chi connectivity index (χ4n) is 1.49. The number of unbranched alkanes of at least 4 members (excludes halogenated alkanes) is 1. The first-order chi connectivity index (χ1) is 7.70. The van der Waals surface area contributed by atoms with E-state index in [0.717, 1.165) is 41.9 Å². The fraction of sp³-hybridized carbons (Fsp3) is 0.500. The maximum absolute atomic E-state index is 5.65. The van der Waals surface area contributed by atoms with Gasteiger partial charge in [-0.15, -0.1) is 0 Å². The van der Waals surface area contributed by atoms with Gasteiger partial charge in [-0.3, -0.25) is 10.1 Å². The van der Waals surface area contributed by atoms with Crippen molar-refractivity contribution < 1.29 is 0 Å². The Morgan fingerprint density at radius 2 is 2.38 bits per heavy atom. The number of hydrogen-bond acceptors (Lipinski definition) is 3. The van der Waals surface area contributed by atoms with Gasteiger partial charge in [0.2, 0.25) is 0 Å². The molecule has 1 aromatic rings. The number of nitrogens with one attached hydrogen (secondary N) is 1. The van der Waals surface area contributed by atoms with Crippen molar-refractivity contribution in [2.75, 3.05) is 6.54 Å². The van der Waals surface area contributed by atoms with Crippen LogP contribution in [-0.2, 0) is 0 Å². The number of hydrogen-bond donors (Lipinski definition) is 2. The van der Waals surface area contributed by atoms with E-state index in [2.05, 4.69) is 22.1 Å². The van der Waals surface area contributed by atoms with Crippen LogP contribution in [-0.4, -0.2) is 22.5 Å². The summed E-state index contributed by atoms with van der Waals surface area (Å²) < 4.78 is 0. The van der Waals surface area contributed by atoms with Gasteiger partial charge in [0, 0.05) is 24.0 Å². The minimum absolute atomic E-state index is 0.854. The molecule has 0 bridgehead atoms. The summed E-state index contributed by atoms with van der Waals surface area (Å²) in [7, 11) is 0. The third-order valence-corrected chi connectivity index (χ3v) is 2.52. The van der Waals surface area contributed by atoms with Gasteiger partial charge in [0.25, 0.3) is 0 Å². The van der Waals surface area contributed by atoms with Crippen LogP contribution in [0.5, 0.6) is 0 Å². The number of aromatic amines is 1. The molecular weight excluding hydrogens is 200 g/mol. The normalized spacial score (nSPS) is 13.2. The lowest BCUT2D eigenvalue weighted by Crippen LogP contribution is -2.03. The molecule has 0 atom stereocenters. The predicted octanol–water partition coefficient (Wildman–Crippen LogP) is 2.28. The number of aryl methyl sites for hydroxylation is 1. The highest BCUT2D eigenvalue weighted by Gasteiger charge is 2.09. The lowest BCUT2D eigenvalue weighted by molar-refractivity contribution is 0.808. The van der Waals surface area contributed by atoms with Gasteiger partial charge in [-0.1, -0.05) is 13.3 Å². The second-order valence-electron chi connectivity index (χ2n) is 3.83. The molecule has 4 heteroatoms. The second-order valence-corrected chi connectivity index (χ2v) is 3.83. The van der Waals surface area contributed by atoms with Crippen LogP contribution in [0.15, 0.2) is 17.4 Å². The number of nitrogens with two attached hydrogens (primary N) is 1. The van der Waals surface area contributed by atoms with Crippen LogP contribution in [0, 0.1) is 6.92 Å². The maximum atomic E-state index is 5.65. The number of nitrogens with zero attached hydrogens (tertiary/aromatic N) is 2. The zero-order chi connectivity index (χ0) is 12.0. The third-order valence-electron chi connectivity index (χ3n) is 2.52. The van der Waals surface area contributed by atoms with E-state index >= 15 is 0 Å². The topological polar surface area (TPSA) is 67.1 Å². The predicted molar refractivity (Wildman–Crippen MR) is 68.4 cm³/mol. The second kappa shape index (κ2) is 6.10. The first-order valence-corrected chi connectivity index (χ1v) is 5.64. The van der Waals surface area contributed by atoms with Crippen LogP contribution in [0.2, 0.25) is 0 Å². The van der Waals surface area contributed by atoms with Gasteiger partial charge in [-0.25, -0.2) is 0 Å². The molecule has 1 aromatic heterocycles. The zero-order valence-corrected chi connectivity index (χ0v) is 10.2. The van der Waals surface area contributed by atoms with Gasteiger partial charge in [0.15, 0.2) is 0 Å². The van der Waals surface area contributed by atoms with Crippen LogP contribution < -0.4 is 5.73 Å². The molecule has 0 radical (unpaired) electrons. The van der Waals surface area contributed by atoms with Crippen LogP contribution in [0.4, 0.5) is 0 Å². The molecule has 16 heavy (non-hydrogen) atoms. The molecule has 1 rings (SSSR count). The molecule has 0 amide bonds. The Labute approximate surface area is 96.7 Å². The molecule has 1 heterocycles. The summed E-state index contributed by atoms with van der Waals surface area (Å²) in [4.78, 5) is 4.50. The summed E-state index contributed by atoms with van der Waals surface area (Å²) in [5.74, 6) is 0. The Bertz CT molecular complexity index is 387. The van der Waals surface area contributed by atoms with E-state index < -0.39 is 0 Å². The molecule has 0 unspecified atom stereocenters. The molecule has 3 N–H and O–H groups in total. The van der Waals surface area contributed by atoms with Gasteiger partial charge in [0.05, 0.1) is 11.9 Å².